The summed E-state index contributed by atoms with van der Waals surface area (Å²) in [5.74, 6) is -3.92. The topological polar surface area (TPSA) is 66.8 Å². The molecule has 4 nitrogen and oxygen atoms in total. The van der Waals surface area contributed by atoms with Crippen molar-refractivity contribution >= 4 is 5.97 Å². The molecule has 0 aliphatic heterocycles. The van der Waals surface area contributed by atoms with Gasteiger partial charge < -0.3 is 14.9 Å². The largest absolute Gasteiger partial charge is 0.479 e. The first kappa shape index (κ1) is 12.5. The van der Waals surface area contributed by atoms with Crippen molar-refractivity contribution in [3.05, 3.63) is 34.9 Å². The molecule has 0 fully saturated rings. The maximum absolute atomic E-state index is 13.6. The quantitative estimate of drug-likeness (QED) is 0.819. The molecule has 0 bridgehead atoms. The molecule has 0 heterocycles. The minimum Gasteiger partial charge on any atom is -0.479 e. The van der Waals surface area contributed by atoms with Crippen LogP contribution in [0.5, 0.6) is 0 Å². The molecule has 1 aromatic carbocycles. The summed E-state index contributed by atoms with van der Waals surface area (Å²) in [5.41, 5.74) is -0.888. The van der Waals surface area contributed by atoms with Crippen molar-refractivity contribution in [2.24, 2.45) is 0 Å². The second-order valence-corrected chi connectivity index (χ2v) is 3.11. The number of hydrogen-bond donors (Lipinski definition) is 2. The van der Waals surface area contributed by atoms with Crippen LogP contribution in [0, 0.1) is 11.6 Å². The number of benzene rings is 1. The lowest BCUT2D eigenvalue weighted by Gasteiger charge is -2.11. The lowest BCUT2D eigenvalue weighted by atomic mass is 10.0. The molecule has 0 saturated carbocycles. The van der Waals surface area contributed by atoms with Gasteiger partial charge in [0.2, 0.25) is 0 Å². The van der Waals surface area contributed by atoms with Crippen molar-refractivity contribution in [3.8, 4) is 0 Å². The second-order valence-electron chi connectivity index (χ2n) is 3.11. The number of aliphatic carboxylic acids is 1. The molecule has 0 saturated heterocycles. The zero-order chi connectivity index (χ0) is 12.3. The Morgan fingerprint density at radius 2 is 2.12 bits per heavy atom. The number of aliphatic hydroxyl groups is 1. The van der Waals surface area contributed by atoms with Crippen molar-refractivity contribution in [3.63, 3.8) is 0 Å². The molecule has 0 aliphatic rings. The Kier molecular flexibility index (Phi) is 3.92. The van der Waals surface area contributed by atoms with Crippen molar-refractivity contribution in [1.29, 1.82) is 0 Å². The summed E-state index contributed by atoms with van der Waals surface area (Å²) in [6.45, 7) is -0.133. The van der Waals surface area contributed by atoms with Gasteiger partial charge in [-0.3, -0.25) is 0 Å². The Bertz CT molecular complexity index is 406. The summed E-state index contributed by atoms with van der Waals surface area (Å²) >= 11 is 0. The highest BCUT2D eigenvalue weighted by molar-refractivity contribution is 5.74. The first-order valence-corrected chi connectivity index (χ1v) is 4.35. The fourth-order valence-electron chi connectivity index (χ4n) is 1.26. The second kappa shape index (κ2) is 5.00. The SMILES string of the molecule is COCc1ccc(F)c(C(O)C(=O)O)c1F. The van der Waals surface area contributed by atoms with Gasteiger partial charge in [-0.2, -0.15) is 0 Å². The Balaban J connectivity index is 3.25. The zero-order valence-electron chi connectivity index (χ0n) is 8.41. The van der Waals surface area contributed by atoms with E-state index in [-0.39, 0.29) is 12.2 Å². The van der Waals surface area contributed by atoms with Gasteiger partial charge in [0.1, 0.15) is 11.6 Å². The molecule has 0 radical (unpaired) electrons. The molecule has 1 rings (SSSR count). The molecular weight excluding hydrogens is 222 g/mol. The highest BCUT2D eigenvalue weighted by atomic mass is 19.1. The number of methoxy groups -OCH3 is 1. The molecule has 0 aromatic heterocycles. The maximum atomic E-state index is 13.6. The van der Waals surface area contributed by atoms with Gasteiger partial charge in [-0.05, 0) is 6.07 Å². The Morgan fingerprint density at radius 1 is 1.50 bits per heavy atom. The number of carboxylic acids is 1. The van der Waals surface area contributed by atoms with Crippen molar-refractivity contribution < 1.29 is 28.5 Å². The first-order chi connectivity index (χ1) is 7.49. The summed E-state index contributed by atoms with van der Waals surface area (Å²) in [7, 11) is 1.32. The number of halogens is 2. The van der Waals surface area contributed by atoms with Crippen molar-refractivity contribution in [1.82, 2.24) is 0 Å². The average Bonchev–Trinajstić information content (AvgIpc) is 2.22. The van der Waals surface area contributed by atoms with Gasteiger partial charge in [0.25, 0.3) is 0 Å². The third-order valence-corrected chi connectivity index (χ3v) is 2.01. The van der Waals surface area contributed by atoms with E-state index in [1.54, 1.807) is 0 Å². The Morgan fingerprint density at radius 3 is 2.62 bits per heavy atom. The summed E-state index contributed by atoms with van der Waals surface area (Å²) in [5, 5.41) is 17.6. The van der Waals surface area contributed by atoms with E-state index in [2.05, 4.69) is 4.74 Å². The summed E-state index contributed by atoms with van der Waals surface area (Å²) in [6.07, 6.45) is -2.23. The first-order valence-electron chi connectivity index (χ1n) is 4.35. The van der Waals surface area contributed by atoms with Gasteiger partial charge >= 0.3 is 5.97 Å². The van der Waals surface area contributed by atoms with E-state index in [1.165, 1.54) is 7.11 Å². The molecule has 0 spiro atoms. The number of ether oxygens (including phenoxy) is 1. The number of hydrogen-bond acceptors (Lipinski definition) is 3. The predicted octanol–water partition coefficient (Wildman–Crippen LogP) is 1.23. The van der Waals surface area contributed by atoms with Crippen LogP contribution in [0.3, 0.4) is 0 Å². The van der Waals surface area contributed by atoms with Crippen LogP contribution in [0.15, 0.2) is 12.1 Å². The third kappa shape index (κ3) is 2.34. The van der Waals surface area contributed by atoms with Crippen LogP contribution in [0.2, 0.25) is 0 Å². The number of carbonyl (C=O) groups is 1. The maximum Gasteiger partial charge on any atom is 0.337 e. The molecule has 0 aliphatic carbocycles. The van der Waals surface area contributed by atoms with Crippen LogP contribution >= 0.6 is 0 Å². The molecule has 1 atom stereocenters. The molecule has 6 heteroatoms. The molecule has 2 N–H and O–H groups in total. The molecule has 88 valence electrons. The number of aliphatic hydroxyl groups excluding tert-OH is 1. The van der Waals surface area contributed by atoms with Crippen molar-refractivity contribution in [2.45, 2.75) is 12.7 Å². The van der Waals surface area contributed by atoms with Crippen LogP contribution in [0.1, 0.15) is 17.2 Å². The van der Waals surface area contributed by atoms with Gasteiger partial charge in [0.05, 0.1) is 12.2 Å². The minimum atomic E-state index is -2.23. The van der Waals surface area contributed by atoms with Crippen LogP contribution in [0.25, 0.3) is 0 Å². The summed E-state index contributed by atoms with van der Waals surface area (Å²) in [6, 6.07) is 2.02. The fourth-order valence-corrected chi connectivity index (χ4v) is 1.26. The lowest BCUT2D eigenvalue weighted by molar-refractivity contribution is -0.147. The monoisotopic (exact) mass is 232 g/mol. The van der Waals surface area contributed by atoms with Crippen LogP contribution in [-0.4, -0.2) is 23.3 Å². The van der Waals surface area contributed by atoms with E-state index in [1.807, 2.05) is 0 Å². The highest BCUT2D eigenvalue weighted by Gasteiger charge is 2.25. The molecule has 1 aromatic rings. The van der Waals surface area contributed by atoms with E-state index in [9.17, 15) is 13.6 Å². The fraction of sp³-hybridized carbons (Fsp3) is 0.300. The van der Waals surface area contributed by atoms with Crippen LogP contribution < -0.4 is 0 Å². The Hall–Kier alpha value is -1.53. The van der Waals surface area contributed by atoms with E-state index < -0.39 is 29.3 Å². The standard InChI is InChI=1S/C10H10F2O4/c1-16-4-5-2-3-6(11)7(8(5)12)9(13)10(14)15/h2-3,9,13H,4H2,1H3,(H,14,15). The van der Waals surface area contributed by atoms with E-state index in [0.717, 1.165) is 12.1 Å². The van der Waals surface area contributed by atoms with Gasteiger partial charge in [-0.15, -0.1) is 0 Å². The average molecular weight is 232 g/mol. The Labute approximate surface area is 90.1 Å². The van der Waals surface area contributed by atoms with Crippen LogP contribution in [0.4, 0.5) is 8.78 Å². The van der Waals surface area contributed by atoms with E-state index in [4.69, 9.17) is 10.2 Å². The highest BCUT2D eigenvalue weighted by Crippen LogP contribution is 2.24. The van der Waals surface area contributed by atoms with E-state index >= 15 is 0 Å². The minimum absolute atomic E-state index is 0.0146. The smallest absolute Gasteiger partial charge is 0.337 e. The number of carboxylic acid groups (broad SMARTS) is 1. The summed E-state index contributed by atoms with van der Waals surface area (Å²) < 4.78 is 31.4. The van der Waals surface area contributed by atoms with Gasteiger partial charge in [0.15, 0.2) is 6.10 Å². The van der Waals surface area contributed by atoms with Gasteiger partial charge in [0, 0.05) is 12.7 Å². The number of rotatable bonds is 4. The van der Waals surface area contributed by atoms with Crippen LogP contribution in [-0.2, 0) is 16.1 Å². The molecule has 1 unspecified atom stereocenters. The predicted molar refractivity (Wildman–Crippen MR) is 49.7 cm³/mol. The van der Waals surface area contributed by atoms with E-state index in [0.29, 0.717) is 0 Å². The lowest BCUT2D eigenvalue weighted by Crippen LogP contribution is -2.15. The zero-order valence-corrected chi connectivity index (χ0v) is 8.41. The van der Waals surface area contributed by atoms with Crippen molar-refractivity contribution in [2.75, 3.05) is 7.11 Å². The third-order valence-electron chi connectivity index (χ3n) is 2.01. The normalized spacial score (nSPS) is 12.5. The summed E-state index contributed by atoms with van der Waals surface area (Å²) in [4.78, 5) is 10.5. The molecule has 16 heavy (non-hydrogen) atoms. The molecular formula is C10H10F2O4. The molecule has 0 amide bonds. The van der Waals surface area contributed by atoms with Gasteiger partial charge in [-0.25, -0.2) is 13.6 Å². The van der Waals surface area contributed by atoms with Gasteiger partial charge in [-0.1, -0.05) is 6.07 Å².